The van der Waals surface area contributed by atoms with E-state index in [0.717, 1.165) is 5.56 Å². The Hall–Kier alpha value is -2.58. The van der Waals surface area contributed by atoms with Gasteiger partial charge >= 0.3 is 0 Å². The number of benzene rings is 2. The van der Waals surface area contributed by atoms with Gasteiger partial charge in [-0.05, 0) is 55.0 Å². The number of aromatic hydroxyl groups is 1. The minimum atomic E-state index is -0.111. The number of nitrogens with zero attached hydrogens (tertiary/aromatic N) is 1. The third-order valence-corrected chi connectivity index (χ3v) is 5.86. The van der Waals surface area contributed by atoms with Crippen LogP contribution in [0.5, 0.6) is 5.75 Å². The molecule has 30 heavy (non-hydrogen) atoms. The lowest BCUT2D eigenvalue weighted by Crippen LogP contribution is -2.24. The van der Waals surface area contributed by atoms with Crippen LogP contribution in [0.25, 0.3) is 16.2 Å². The molecule has 0 amide bonds. The number of rotatable bonds is 5. The third kappa shape index (κ3) is 5.12. The summed E-state index contributed by atoms with van der Waals surface area (Å²) in [6, 6.07) is 12.2. The van der Waals surface area contributed by atoms with Gasteiger partial charge in [-0.3, -0.25) is 5.43 Å². The Kier molecular flexibility index (Phi) is 6.99. The van der Waals surface area contributed by atoms with Gasteiger partial charge < -0.3 is 15.5 Å². The number of nitrogens with one attached hydrogen (secondary N) is 2. The van der Waals surface area contributed by atoms with E-state index in [0.29, 0.717) is 37.4 Å². The van der Waals surface area contributed by atoms with Gasteiger partial charge in [-0.15, -0.1) is 11.3 Å². The van der Waals surface area contributed by atoms with E-state index in [1.165, 1.54) is 11.3 Å². The average Bonchev–Trinajstić information content (AvgIpc) is 3.07. The third-order valence-electron chi connectivity index (χ3n) is 4.10. The lowest BCUT2D eigenvalue weighted by Gasteiger charge is -2.10. The maximum Gasteiger partial charge on any atom is 0.191 e. The van der Waals surface area contributed by atoms with E-state index in [9.17, 15) is 10.2 Å². The molecule has 0 spiro atoms. The van der Waals surface area contributed by atoms with E-state index in [1.54, 1.807) is 37.3 Å². The molecule has 5 nitrogen and oxygen atoms in total. The first kappa shape index (κ1) is 22.1. The molecule has 0 fully saturated rings. The van der Waals surface area contributed by atoms with Crippen molar-refractivity contribution in [3.8, 4) is 16.2 Å². The van der Waals surface area contributed by atoms with E-state index < -0.39 is 0 Å². The van der Waals surface area contributed by atoms with Gasteiger partial charge in [0.05, 0.1) is 21.2 Å². The van der Waals surface area contributed by atoms with Crippen molar-refractivity contribution >= 4 is 69.0 Å². The zero-order valence-corrected chi connectivity index (χ0v) is 18.9. The molecule has 3 aromatic rings. The van der Waals surface area contributed by atoms with Gasteiger partial charge in [-0.1, -0.05) is 41.9 Å². The van der Waals surface area contributed by atoms with Crippen molar-refractivity contribution in [1.82, 2.24) is 5.43 Å². The minimum absolute atomic E-state index is 0.111. The van der Waals surface area contributed by atoms with E-state index in [-0.39, 0.29) is 16.6 Å². The quantitative estimate of drug-likeness (QED) is 0.143. The Morgan fingerprint density at radius 2 is 1.93 bits per heavy atom. The molecule has 0 bridgehead atoms. The van der Waals surface area contributed by atoms with Crippen LogP contribution in [0.1, 0.15) is 18.1 Å². The standard InChI is InChI=1S/C21H17Cl2N3O2S2/c1-11(17-10-30-20(19(17)28)13-4-3-5-14(22)8-13)25-26-21(29)24-15-6-7-16(12(2)27)18(23)9-15/h3-10,27-28H,2H2,1H3,(H2,24,26,29)/b25-11+. The molecule has 1 heterocycles. The van der Waals surface area contributed by atoms with Crippen molar-refractivity contribution in [3.05, 3.63) is 75.6 Å². The Bertz CT molecular complexity index is 1160. The second-order valence-corrected chi connectivity index (χ2v) is 8.37. The van der Waals surface area contributed by atoms with Crippen molar-refractivity contribution in [3.63, 3.8) is 0 Å². The smallest absolute Gasteiger partial charge is 0.191 e. The van der Waals surface area contributed by atoms with Crippen molar-refractivity contribution in [2.45, 2.75) is 6.92 Å². The summed E-state index contributed by atoms with van der Waals surface area (Å²) in [5.41, 5.74) is 5.80. The summed E-state index contributed by atoms with van der Waals surface area (Å²) in [6.45, 7) is 5.22. The summed E-state index contributed by atoms with van der Waals surface area (Å²) < 4.78 is 0. The molecule has 0 aliphatic rings. The number of anilines is 1. The van der Waals surface area contributed by atoms with Crippen molar-refractivity contribution in [2.24, 2.45) is 5.10 Å². The number of aliphatic hydroxyl groups is 1. The molecule has 4 N–H and O–H groups in total. The number of hydrazone groups is 1. The van der Waals surface area contributed by atoms with Crippen LogP contribution in [0.2, 0.25) is 10.0 Å². The van der Waals surface area contributed by atoms with E-state index in [4.69, 9.17) is 35.4 Å². The van der Waals surface area contributed by atoms with Crippen LogP contribution in [0.15, 0.2) is 59.5 Å². The van der Waals surface area contributed by atoms with Gasteiger partial charge in [0.25, 0.3) is 0 Å². The van der Waals surface area contributed by atoms with Crippen LogP contribution in [0.4, 0.5) is 5.69 Å². The molecular weight excluding hydrogens is 461 g/mol. The second-order valence-electron chi connectivity index (χ2n) is 6.24. The van der Waals surface area contributed by atoms with Gasteiger partial charge in [-0.25, -0.2) is 0 Å². The molecule has 0 radical (unpaired) electrons. The summed E-state index contributed by atoms with van der Waals surface area (Å²) in [7, 11) is 0. The van der Waals surface area contributed by atoms with Gasteiger partial charge in [0.15, 0.2) is 5.11 Å². The molecule has 154 valence electrons. The molecular formula is C21H17Cl2N3O2S2. The predicted molar refractivity (Wildman–Crippen MR) is 131 cm³/mol. The fourth-order valence-corrected chi connectivity index (χ4v) is 4.27. The highest BCUT2D eigenvalue weighted by atomic mass is 35.5. The fraction of sp³-hybridized carbons (Fsp3) is 0.0476. The summed E-state index contributed by atoms with van der Waals surface area (Å²) in [6.07, 6.45) is 0. The lowest BCUT2D eigenvalue weighted by atomic mass is 10.1. The summed E-state index contributed by atoms with van der Waals surface area (Å²) in [5.74, 6) is 0.0241. The molecule has 0 unspecified atom stereocenters. The molecule has 0 aliphatic carbocycles. The monoisotopic (exact) mass is 477 g/mol. The molecule has 3 rings (SSSR count). The number of hydrogen-bond acceptors (Lipinski definition) is 5. The normalized spacial score (nSPS) is 11.2. The fourth-order valence-electron chi connectivity index (χ4n) is 2.62. The molecule has 0 atom stereocenters. The van der Waals surface area contributed by atoms with Crippen LogP contribution in [-0.4, -0.2) is 21.0 Å². The van der Waals surface area contributed by atoms with Crippen molar-refractivity contribution in [1.29, 1.82) is 0 Å². The molecule has 0 saturated carbocycles. The Morgan fingerprint density at radius 3 is 2.60 bits per heavy atom. The maximum absolute atomic E-state index is 10.6. The molecule has 9 heteroatoms. The first-order valence-electron chi connectivity index (χ1n) is 8.62. The van der Waals surface area contributed by atoms with Gasteiger partial charge in [0.2, 0.25) is 0 Å². The zero-order chi connectivity index (χ0) is 21.8. The first-order chi connectivity index (χ1) is 14.3. The SMILES string of the molecule is C=C(O)c1ccc(NC(=S)N/N=C(\C)c2csc(-c3cccc(Cl)c3)c2O)cc1Cl. The zero-order valence-electron chi connectivity index (χ0n) is 15.7. The second kappa shape index (κ2) is 9.49. The number of thiocarbonyl (C=S) groups is 1. The predicted octanol–water partition coefficient (Wildman–Crippen LogP) is 6.67. The summed E-state index contributed by atoms with van der Waals surface area (Å²) >= 11 is 18.8. The highest BCUT2D eigenvalue weighted by molar-refractivity contribution is 7.80. The number of halogens is 2. The highest BCUT2D eigenvalue weighted by Crippen LogP contribution is 2.39. The molecule has 0 saturated heterocycles. The minimum Gasteiger partial charge on any atom is -0.508 e. The average molecular weight is 478 g/mol. The summed E-state index contributed by atoms with van der Waals surface area (Å²) in [5, 5.41) is 30.3. The van der Waals surface area contributed by atoms with Gasteiger partial charge in [0.1, 0.15) is 11.5 Å². The van der Waals surface area contributed by atoms with Crippen LogP contribution in [0.3, 0.4) is 0 Å². The molecule has 0 aliphatic heterocycles. The Morgan fingerprint density at radius 1 is 1.17 bits per heavy atom. The Labute approximate surface area is 193 Å². The number of hydrogen-bond donors (Lipinski definition) is 4. The van der Waals surface area contributed by atoms with E-state index in [1.807, 2.05) is 17.5 Å². The van der Waals surface area contributed by atoms with Crippen LogP contribution in [-0.2, 0) is 0 Å². The van der Waals surface area contributed by atoms with Crippen molar-refractivity contribution < 1.29 is 10.2 Å². The molecule has 2 aromatic carbocycles. The van der Waals surface area contributed by atoms with Crippen LogP contribution < -0.4 is 10.7 Å². The maximum atomic E-state index is 10.6. The van der Waals surface area contributed by atoms with E-state index >= 15 is 0 Å². The van der Waals surface area contributed by atoms with Crippen molar-refractivity contribution in [2.75, 3.05) is 5.32 Å². The highest BCUT2D eigenvalue weighted by Gasteiger charge is 2.15. The van der Waals surface area contributed by atoms with Crippen LogP contribution in [0, 0.1) is 0 Å². The number of aliphatic hydroxyl groups excluding tert-OH is 1. The van der Waals surface area contributed by atoms with E-state index in [2.05, 4.69) is 22.4 Å². The van der Waals surface area contributed by atoms with Crippen LogP contribution >= 0.6 is 46.8 Å². The van der Waals surface area contributed by atoms with Gasteiger partial charge in [0, 0.05) is 21.7 Å². The summed E-state index contributed by atoms with van der Waals surface area (Å²) in [4.78, 5) is 0.711. The Balaban J connectivity index is 1.70. The first-order valence-corrected chi connectivity index (χ1v) is 10.7. The topological polar surface area (TPSA) is 76.9 Å². The molecule has 1 aromatic heterocycles. The largest absolute Gasteiger partial charge is 0.508 e. The van der Waals surface area contributed by atoms with Gasteiger partial charge in [-0.2, -0.15) is 5.10 Å². The number of thiophene rings is 1. The lowest BCUT2D eigenvalue weighted by molar-refractivity contribution is 0.478.